The highest BCUT2D eigenvalue weighted by Crippen LogP contribution is 2.33. The van der Waals surface area contributed by atoms with Gasteiger partial charge in [-0.05, 0) is 32.1 Å². The number of esters is 1. The highest BCUT2D eigenvalue weighted by Gasteiger charge is 2.38. The Kier molecular flexibility index (Phi) is 4.90. The molecule has 0 aromatic heterocycles. The Labute approximate surface area is 129 Å². The van der Waals surface area contributed by atoms with Gasteiger partial charge in [0, 0.05) is 11.3 Å². The minimum atomic E-state index is -0.520. The van der Waals surface area contributed by atoms with E-state index >= 15 is 0 Å². The highest BCUT2D eigenvalue weighted by molar-refractivity contribution is 7.80. The molecule has 0 aliphatic carbocycles. The van der Waals surface area contributed by atoms with Gasteiger partial charge >= 0.3 is 5.97 Å². The van der Waals surface area contributed by atoms with Crippen LogP contribution in [-0.2, 0) is 9.53 Å². The lowest BCUT2D eigenvalue weighted by molar-refractivity contribution is -0.146. The molecule has 1 aliphatic rings. The zero-order valence-corrected chi connectivity index (χ0v) is 13.1. The molecule has 0 radical (unpaired) electrons. The fourth-order valence-electron chi connectivity index (χ4n) is 2.44. The number of hydrogen-bond donors (Lipinski definition) is 1. The maximum absolute atomic E-state index is 12.3. The van der Waals surface area contributed by atoms with Crippen LogP contribution in [0.2, 0.25) is 0 Å². The SMILES string of the molecule is CCOC(=O)C1C(C)=NC(=S)NC1c1ccccc1OC. The van der Waals surface area contributed by atoms with E-state index in [0.29, 0.717) is 23.2 Å². The summed E-state index contributed by atoms with van der Waals surface area (Å²) in [6.45, 7) is 3.90. The number of nitrogens with one attached hydrogen (secondary N) is 1. The van der Waals surface area contributed by atoms with Gasteiger partial charge in [-0.25, -0.2) is 4.99 Å². The summed E-state index contributed by atoms with van der Waals surface area (Å²) in [5.41, 5.74) is 1.50. The van der Waals surface area contributed by atoms with Crippen LogP contribution in [0.25, 0.3) is 0 Å². The van der Waals surface area contributed by atoms with E-state index < -0.39 is 5.92 Å². The van der Waals surface area contributed by atoms with Crippen molar-refractivity contribution in [2.75, 3.05) is 13.7 Å². The van der Waals surface area contributed by atoms with Crippen LogP contribution in [0.5, 0.6) is 5.75 Å². The van der Waals surface area contributed by atoms with Gasteiger partial charge in [0.05, 0.1) is 19.8 Å². The first kappa shape index (κ1) is 15.4. The number of carbonyl (C=O) groups excluding carboxylic acids is 1. The van der Waals surface area contributed by atoms with Crippen LogP contribution in [0, 0.1) is 5.92 Å². The molecule has 1 aromatic rings. The van der Waals surface area contributed by atoms with E-state index in [9.17, 15) is 4.79 Å². The maximum atomic E-state index is 12.3. The number of thiocarbonyl (C=S) groups is 1. The first-order valence-electron chi connectivity index (χ1n) is 6.73. The molecule has 2 rings (SSSR count). The van der Waals surface area contributed by atoms with Crippen LogP contribution < -0.4 is 10.1 Å². The predicted octanol–water partition coefficient (Wildman–Crippen LogP) is 2.26. The minimum absolute atomic E-state index is 0.315. The van der Waals surface area contributed by atoms with Gasteiger partial charge in [0.15, 0.2) is 5.11 Å². The first-order valence-corrected chi connectivity index (χ1v) is 7.14. The summed E-state index contributed by atoms with van der Waals surface area (Å²) in [6, 6.07) is 7.19. The number of carbonyl (C=O) groups is 1. The van der Waals surface area contributed by atoms with Crippen molar-refractivity contribution >= 4 is 29.0 Å². The van der Waals surface area contributed by atoms with Gasteiger partial charge in [0.1, 0.15) is 11.7 Å². The molecule has 1 heterocycles. The van der Waals surface area contributed by atoms with Gasteiger partial charge < -0.3 is 14.8 Å². The van der Waals surface area contributed by atoms with Crippen molar-refractivity contribution in [3.8, 4) is 5.75 Å². The molecular weight excluding hydrogens is 288 g/mol. The second kappa shape index (κ2) is 6.67. The molecule has 0 bridgehead atoms. The second-order valence-corrected chi connectivity index (χ2v) is 5.04. The molecule has 0 fully saturated rings. The molecule has 21 heavy (non-hydrogen) atoms. The number of hydrogen-bond acceptors (Lipinski definition) is 4. The molecule has 112 valence electrons. The summed E-state index contributed by atoms with van der Waals surface area (Å²) in [7, 11) is 1.60. The maximum Gasteiger partial charge on any atom is 0.317 e. The van der Waals surface area contributed by atoms with E-state index in [2.05, 4.69) is 10.3 Å². The molecule has 0 spiro atoms. The summed E-state index contributed by atoms with van der Waals surface area (Å²) in [5.74, 6) is -0.139. The van der Waals surface area contributed by atoms with E-state index in [-0.39, 0.29) is 12.0 Å². The molecule has 0 saturated carbocycles. The number of methoxy groups -OCH3 is 1. The van der Waals surface area contributed by atoms with Gasteiger partial charge in [0.25, 0.3) is 0 Å². The largest absolute Gasteiger partial charge is 0.496 e. The fraction of sp³-hybridized carbons (Fsp3) is 0.400. The Morgan fingerprint density at radius 2 is 2.14 bits per heavy atom. The standard InChI is InChI=1S/C15H18N2O3S/c1-4-20-14(18)12-9(2)16-15(21)17-13(12)10-7-5-6-8-11(10)19-3/h5-8,12-13H,4H2,1-3H3,(H,17,21). The normalized spacial score (nSPS) is 21.3. The molecule has 2 atom stereocenters. The highest BCUT2D eigenvalue weighted by atomic mass is 32.1. The van der Waals surface area contributed by atoms with Crippen molar-refractivity contribution in [1.82, 2.24) is 5.32 Å². The van der Waals surface area contributed by atoms with Gasteiger partial charge in [0.2, 0.25) is 0 Å². The van der Waals surface area contributed by atoms with Gasteiger partial charge in [-0.3, -0.25) is 4.79 Å². The quantitative estimate of drug-likeness (QED) is 0.683. The van der Waals surface area contributed by atoms with Crippen LogP contribution in [-0.4, -0.2) is 30.5 Å². The number of para-hydroxylation sites is 1. The van der Waals surface area contributed by atoms with E-state index in [1.54, 1.807) is 21.0 Å². The lowest BCUT2D eigenvalue weighted by Crippen LogP contribution is -2.44. The molecule has 5 nitrogen and oxygen atoms in total. The third-order valence-corrected chi connectivity index (χ3v) is 3.56. The Bertz CT molecular complexity index is 586. The number of ether oxygens (including phenoxy) is 2. The summed E-state index contributed by atoms with van der Waals surface area (Å²) in [5, 5.41) is 3.46. The second-order valence-electron chi connectivity index (χ2n) is 4.65. The van der Waals surface area contributed by atoms with Crippen molar-refractivity contribution < 1.29 is 14.3 Å². The summed E-state index contributed by atoms with van der Waals surface area (Å²) >= 11 is 5.15. The Morgan fingerprint density at radius 3 is 2.81 bits per heavy atom. The van der Waals surface area contributed by atoms with Crippen molar-refractivity contribution in [2.45, 2.75) is 19.9 Å². The molecule has 1 aromatic carbocycles. The summed E-state index contributed by atoms with van der Waals surface area (Å²) in [6.07, 6.45) is 0. The zero-order chi connectivity index (χ0) is 15.4. The number of benzene rings is 1. The van der Waals surface area contributed by atoms with Crippen LogP contribution in [0.1, 0.15) is 25.5 Å². The van der Waals surface area contributed by atoms with Crippen LogP contribution in [0.4, 0.5) is 0 Å². The van der Waals surface area contributed by atoms with Gasteiger partial charge in [-0.2, -0.15) is 0 Å². The smallest absolute Gasteiger partial charge is 0.317 e. The number of aliphatic imine (C=N–C) groups is 1. The zero-order valence-electron chi connectivity index (χ0n) is 12.3. The van der Waals surface area contributed by atoms with Crippen molar-refractivity contribution in [3.05, 3.63) is 29.8 Å². The van der Waals surface area contributed by atoms with Gasteiger partial charge in [-0.1, -0.05) is 18.2 Å². The molecule has 0 saturated heterocycles. The van der Waals surface area contributed by atoms with Crippen LogP contribution in [0.15, 0.2) is 29.3 Å². The molecular formula is C15H18N2O3S. The molecule has 6 heteroatoms. The van der Waals surface area contributed by atoms with Crippen LogP contribution in [0.3, 0.4) is 0 Å². The molecule has 0 amide bonds. The monoisotopic (exact) mass is 306 g/mol. The molecule has 1 N–H and O–H groups in total. The third-order valence-electron chi connectivity index (χ3n) is 3.35. The molecule has 1 aliphatic heterocycles. The topological polar surface area (TPSA) is 59.9 Å². The number of nitrogens with zero attached hydrogens (tertiary/aromatic N) is 1. The molecule has 2 unspecified atom stereocenters. The average molecular weight is 306 g/mol. The lowest BCUT2D eigenvalue weighted by Gasteiger charge is -2.31. The Morgan fingerprint density at radius 1 is 1.43 bits per heavy atom. The first-order chi connectivity index (χ1) is 10.1. The van der Waals surface area contributed by atoms with Crippen molar-refractivity contribution in [1.29, 1.82) is 0 Å². The van der Waals surface area contributed by atoms with Crippen molar-refractivity contribution in [2.24, 2.45) is 10.9 Å². The third kappa shape index (κ3) is 3.21. The Hall–Kier alpha value is -1.95. The van der Waals surface area contributed by atoms with Gasteiger partial charge in [-0.15, -0.1) is 0 Å². The van der Waals surface area contributed by atoms with E-state index in [1.165, 1.54) is 0 Å². The Balaban J connectivity index is 2.45. The fourth-order valence-corrected chi connectivity index (χ4v) is 2.71. The van der Waals surface area contributed by atoms with E-state index in [1.807, 2.05) is 24.3 Å². The average Bonchev–Trinajstić information content (AvgIpc) is 2.46. The van der Waals surface area contributed by atoms with Crippen molar-refractivity contribution in [3.63, 3.8) is 0 Å². The predicted molar refractivity (Wildman–Crippen MR) is 84.7 cm³/mol. The van der Waals surface area contributed by atoms with Crippen LogP contribution >= 0.6 is 12.2 Å². The van der Waals surface area contributed by atoms with E-state index in [4.69, 9.17) is 21.7 Å². The number of rotatable bonds is 4. The summed E-state index contributed by atoms with van der Waals surface area (Å²) in [4.78, 5) is 16.5. The van der Waals surface area contributed by atoms with E-state index in [0.717, 1.165) is 5.56 Å². The minimum Gasteiger partial charge on any atom is -0.496 e. The summed E-state index contributed by atoms with van der Waals surface area (Å²) < 4.78 is 10.6. The lowest BCUT2D eigenvalue weighted by atomic mass is 9.88.